The molecule has 0 bridgehead atoms. The number of halogens is 1. The Morgan fingerprint density at radius 1 is 1.14 bits per heavy atom. The highest BCUT2D eigenvalue weighted by molar-refractivity contribution is 5.30. The van der Waals surface area contributed by atoms with Crippen molar-refractivity contribution >= 4 is 0 Å². The summed E-state index contributed by atoms with van der Waals surface area (Å²) in [4.78, 5) is 0. The zero-order valence-corrected chi connectivity index (χ0v) is 13.0. The fraction of sp³-hybridized carbons (Fsp3) is 0.333. The predicted molar refractivity (Wildman–Crippen MR) is 85.9 cm³/mol. The minimum absolute atomic E-state index is 0.0807. The van der Waals surface area contributed by atoms with Crippen molar-refractivity contribution in [3.05, 3.63) is 59.9 Å². The highest BCUT2D eigenvalue weighted by Crippen LogP contribution is 2.21. The summed E-state index contributed by atoms with van der Waals surface area (Å²) in [6.07, 6.45) is 0.887. The van der Waals surface area contributed by atoms with Crippen LogP contribution in [0.3, 0.4) is 0 Å². The molecule has 118 valence electrons. The molecule has 0 heterocycles. The van der Waals surface area contributed by atoms with E-state index in [1.54, 1.807) is 6.07 Å². The second-order valence-corrected chi connectivity index (χ2v) is 5.08. The Bertz CT molecular complexity index is 575. The number of hydrogen-bond donors (Lipinski definition) is 1. The van der Waals surface area contributed by atoms with Gasteiger partial charge < -0.3 is 14.8 Å². The molecule has 0 amide bonds. The van der Waals surface area contributed by atoms with Crippen LogP contribution in [0.1, 0.15) is 24.9 Å². The third-order valence-electron chi connectivity index (χ3n) is 3.46. The number of nitrogens with one attached hydrogen (secondary N) is 1. The second kappa shape index (κ2) is 8.39. The first-order chi connectivity index (χ1) is 10.7. The molecule has 0 aliphatic carbocycles. The molecule has 1 atom stereocenters. The van der Waals surface area contributed by atoms with Crippen molar-refractivity contribution in [2.45, 2.75) is 19.4 Å². The van der Waals surface area contributed by atoms with Gasteiger partial charge in [-0.25, -0.2) is 4.39 Å². The average Bonchev–Trinajstić information content (AvgIpc) is 2.55. The van der Waals surface area contributed by atoms with E-state index in [-0.39, 0.29) is 17.6 Å². The van der Waals surface area contributed by atoms with E-state index in [1.807, 2.05) is 43.3 Å². The molecule has 22 heavy (non-hydrogen) atoms. The zero-order chi connectivity index (χ0) is 15.8. The van der Waals surface area contributed by atoms with E-state index in [0.29, 0.717) is 6.61 Å². The second-order valence-electron chi connectivity index (χ2n) is 5.08. The molecule has 2 aromatic rings. The summed E-state index contributed by atoms with van der Waals surface area (Å²) in [6.45, 7) is 3.47. The minimum atomic E-state index is -0.332. The lowest BCUT2D eigenvalue weighted by molar-refractivity contribution is 0.305. The van der Waals surface area contributed by atoms with E-state index in [4.69, 9.17) is 9.47 Å². The predicted octanol–water partition coefficient (Wildman–Crippen LogP) is 3.95. The van der Waals surface area contributed by atoms with Crippen LogP contribution in [-0.4, -0.2) is 20.3 Å². The van der Waals surface area contributed by atoms with Gasteiger partial charge in [-0.2, -0.15) is 0 Å². The third-order valence-corrected chi connectivity index (χ3v) is 3.46. The number of benzene rings is 2. The highest BCUT2D eigenvalue weighted by Gasteiger charge is 2.08. The van der Waals surface area contributed by atoms with Gasteiger partial charge in [0.05, 0.1) is 13.7 Å². The Morgan fingerprint density at radius 3 is 2.59 bits per heavy atom. The van der Waals surface area contributed by atoms with E-state index in [0.717, 1.165) is 24.3 Å². The van der Waals surface area contributed by atoms with Crippen LogP contribution in [0.5, 0.6) is 11.5 Å². The maximum absolute atomic E-state index is 13.7. The average molecular weight is 303 g/mol. The van der Waals surface area contributed by atoms with Crippen LogP contribution < -0.4 is 14.8 Å². The summed E-state index contributed by atoms with van der Waals surface area (Å²) in [5, 5.41) is 3.36. The summed E-state index contributed by atoms with van der Waals surface area (Å²) < 4.78 is 24.2. The normalized spacial score (nSPS) is 12.0. The van der Waals surface area contributed by atoms with Crippen LogP contribution in [-0.2, 0) is 0 Å². The van der Waals surface area contributed by atoms with Crippen molar-refractivity contribution in [3.63, 3.8) is 0 Å². The van der Waals surface area contributed by atoms with Crippen molar-refractivity contribution < 1.29 is 13.9 Å². The van der Waals surface area contributed by atoms with E-state index in [9.17, 15) is 4.39 Å². The first-order valence-electron chi connectivity index (χ1n) is 7.45. The molecule has 0 aliphatic rings. The lowest BCUT2D eigenvalue weighted by atomic mass is 10.1. The molecule has 0 radical (unpaired) electrons. The first kappa shape index (κ1) is 16.3. The Morgan fingerprint density at radius 2 is 1.91 bits per heavy atom. The van der Waals surface area contributed by atoms with Gasteiger partial charge in [0, 0.05) is 6.04 Å². The Labute approximate surface area is 131 Å². The summed E-state index contributed by atoms with van der Waals surface area (Å²) >= 11 is 0. The number of methoxy groups -OCH3 is 1. The van der Waals surface area contributed by atoms with Crippen LogP contribution in [0.15, 0.2) is 48.5 Å². The quantitative estimate of drug-likeness (QED) is 0.749. The van der Waals surface area contributed by atoms with Crippen molar-refractivity contribution in [3.8, 4) is 11.5 Å². The van der Waals surface area contributed by atoms with Gasteiger partial charge in [-0.1, -0.05) is 24.3 Å². The summed E-state index contributed by atoms with van der Waals surface area (Å²) in [7, 11) is 1.46. The molecule has 1 unspecified atom stereocenters. The lowest BCUT2D eigenvalue weighted by Crippen LogP contribution is -2.21. The Hall–Kier alpha value is -2.07. The van der Waals surface area contributed by atoms with Crippen LogP contribution >= 0.6 is 0 Å². The monoisotopic (exact) mass is 303 g/mol. The third kappa shape index (κ3) is 4.74. The highest BCUT2D eigenvalue weighted by atomic mass is 19.1. The van der Waals surface area contributed by atoms with Gasteiger partial charge in [-0.05, 0) is 49.7 Å². The van der Waals surface area contributed by atoms with E-state index < -0.39 is 0 Å². The molecule has 1 N–H and O–H groups in total. The Balaban J connectivity index is 1.71. The van der Waals surface area contributed by atoms with Gasteiger partial charge in [0.15, 0.2) is 11.6 Å². The van der Waals surface area contributed by atoms with E-state index in [2.05, 4.69) is 5.32 Å². The van der Waals surface area contributed by atoms with Crippen molar-refractivity contribution in [2.24, 2.45) is 0 Å². The zero-order valence-electron chi connectivity index (χ0n) is 13.0. The number of rotatable bonds is 8. The van der Waals surface area contributed by atoms with E-state index in [1.165, 1.54) is 13.2 Å². The molecule has 2 aromatic carbocycles. The standard InChI is InChI=1S/C18H22FNO2/c1-14(15-9-10-18(21-2)17(19)13-15)20-11-6-12-22-16-7-4-3-5-8-16/h3-5,7-10,13-14,20H,6,11-12H2,1-2H3. The lowest BCUT2D eigenvalue weighted by Gasteiger charge is -2.15. The SMILES string of the molecule is COc1ccc(C(C)NCCCOc2ccccc2)cc1F. The van der Waals surface area contributed by atoms with E-state index >= 15 is 0 Å². The van der Waals surface area contributed by atoms with Gasteiger partial charge in [0.1, 0.15) is 5.75 Å². The van der Waals surface area contributed by atoms with Crippen LogP contribution in [0.25, 0.3) is 0 Å². The van der Waals surface area contributed by atoms with Crippen molar-refractivity contribution in [2.75, 3.05) is 20.3 Å². The molecule has 0 saturated heterocycles. The Kier molecular flexibility index (Phi) is 6.22. The minimum Gasteiger partial charge on any atom is -0.494 e. The van der Waals surface area contributed by atoms with Gasteiger partial charge in [0.2, 0.25) is 0 Å². The molecule has 4 heteroatoms. The largest absolute Gasteiger partial charge is 0.494 e. The van der Waals surface area contributed by atoms with Crippen LogP contribution in [0, 0.1) is 5.82 Å². The van der Waals surface area contributed by atoms with Crippen molar-refractivity contribution in [1.82, 2.24) is 5.32 Å². The molecule has 3 nitrogen and oxygen atoms in total. The molecule has 0 aliphatic heterocycles. The number of ether oxygens (including phenoxy) is 2. The maximum Gasteiger partial charge on any atom is 0.165 e. The molecule has 0 saturated carbocycles. The molecule has 0 aromatic heterocycles. The molecule has 0 fully saturated rings. The van der Waals surface area contributed by atoms with Crippen LogP contribution in [0.4, 0.5) is 4.39 Å². The van der Waals surface area contributed by atoms with Gasteiger partial charge >= 0.3 is 0 Å². The first-order valence-corrected chi connectivity index (χ1v) is 7.45. The number of hydrogen-bond acceptors (Lipinski definition) is 3. The topological polar surface area (TPSA) is 30.5 Å². The smallest absolute Gasteiger partial charge is 0.165 e. The molecule has 2 rings (SSSR count). The summed E-state index contributed by atoms with van der Waals surface area (Å²) in [5.41, 5.74) is 0.905. The maximum atomic E-state index is 13.7. The molecule has 0 spiro atoms. The van der Waals surface area contributed by atoms with Gasteiger partial charge in [-0.3, -0.25) is 0 Å². The summed E-state index contributed by atoms with van der Waals surface area (Å²) in [5.74, 6) is 0.820. The van der Waals surface area contributed by atoms with Gasteiger partial charge in [0.25, 0.3) is 0 Å². The fourth-order valence-corrected chi connectivity index (χ4v) is 2.17. The van der Waals surface area contributed by atoms with Crippen LogP contribution in [0.2, 0.25) is 0 Å². The summed E-state index contributed by atoms with van der Waals surface area (Å²) in [6, 6.07) is 14.9. The molecular formula is C18H22FNO2. The number of para-hydroxylation sites is 1. The van der Waals surface area contributed by atoms with Gasteiger partial charge in [-0.15, -0.1) is 0 Å². The van der Waals surface area contributed by atoms with Crippen molar-refractivity contribution in [1.29, 1.82) is 0 Å². The molecular weight excluding hydrogens is 281 g/mol. The fourth-order valence-electron chi connectivity index (χ4n) is 2.17.